The summed E-state index contributed by atoms with van der Waals surface area (Å²) in [7, 11) is -2.59. The Bertz CT molecular complexity index is 1440. The van der Waals surface area contributed by atoms with E-state index in [1.807, 2.05) is 44.2 Å². The largest absolute Gasteiger partial charge is 0.450 e. The molecule has 4 aliphatic rings. The second-order valence-corrected chi connectivity index (χ2v) is 16.0. The number of nitrogens with one attached hydrogen (secondary N) is 2. The van der Waals surface area contributed by atoms with Gasteiger partial charge in [-0.2, -0.15) is 4.31 Å². The standard InChI is InChI=1S/C34H50N4O9S/c1-34(2,14-7-15-44-32(40)36-3)21-38(48(42,43)25-12-10-24(35)11-13-25)18-29(39)28(16-22-8-5-4-6-9-22)37-33(41)47-30-23-17-26-27(30)20-46-31(26)45-19-23/h4-6,8-10,12-13,23-24,26-31,39H,7,11,14-21,35H2,1-3H3,(H,36,40)(H,37,41)/t23?,24?,26?,27?,28-,29+,30?,31?/m0/s1. The number of sulfonamides is 1. The summed E-state index contributed by atoms with van der Waals surface area (Å²) in [5.41, 5.74) is 6.28. The Balaban J connectivity index is 1.33. The van der Waals surface area contributed by atoms with Crippen molar-refractivity contribution < 1.29 is 42.1 Å². The fourth-order valence-electron chi connectivity index (χ4n) is 7.19. The minimum atomic E-state index is -4.07. The summed E-state index contributed by atoms with van der Waals surface area (Å²) in [5.74, 6) is 0.334. The van der Waals surface area contributed by atoms with E-state index in [9.17, 15) is 23.1 Å². The molecule has 2 aliphatic carbocycles. The summed E-state index contributed by atoms with van der Waals surface area (Å²) in [6.45, 7) is 4.75. The lowest BCUT2D eigenvalue weighted by Gasteiger charge is -2.35. The number of nitrogens with zero attached hydrogens (tertiary/aromatic N) is 1. The molecule has 13 nitrogen and oxygen atoms in total. The van der Waals surface area contributed by atoms with Crippen LogP contribution < -0.4 is 16.4 Å². The molecular formula is C34H50N4O9S. The first kappa shape index (κ1) is 36.3. The van der Waals surface area contributed by atoms with Crippen LogP contribution in [0.3, 0.4) is 0 Å². The van der Waals surface area contributed by atoms with Gasteiger partial charge in [-0.3, -0.25) is 0 Å². The van der Waals surface area contributed by atoms with Gasteiger partial charge in [0.25, 0.3) is 0 Å². The third-order valence-electron chi connectivity index (χ3n) is 9.76. The molecule has 5 N–H and O–H groups in total. The molecule has 48 heavy (non-hydrogen) atoms. The van der Waals surface area contributed by atoms with Crippen molar-refractivity contribution >= 4 is 22.2 Å². The quantitative estimate of drug-likeness (QED) is 0.200. The first-order chi connectivity index (χ1) is 22.9. The van der Waals surface area contributed by atoms with Crippen molar-refractivity contribution in [1.82, 2.24) is 14.9 Å². The van der Waals surface area contributed by atoms with E-state index in [2.05, 4.69) is 10.6 Å². The molecule has 0 spiro atoms. The Morgan fingerprint density at radius 2 is 1.90 bits per heavy atom. The molecule has 2 heterocycles. The first-order valence-electron chi connectivity index (χ1n) is 16.8. The predicted molar refractivity (Wildman–Crippen MR) is 178 cm³/mol. The number of carbonyl (C=O) groups is 2. The molecule has 0 aromatic heterocycles. The average molecular weight is 691 g/mol. The number of hydrogen-bond acceptors (Lipinski definition) is 10. The zero-order chi connectivity index (χ0) is 34.5. The molecule has 1 aromatic rings. The van der Waals surface area contributed by atoms with Gasteiger partial charge >= 0.3 is 12.2 Å². The molecule has 8 atom stereocenters. The molecule has 2 aliphatic heterocycles. The number of fused-ring (bicyclic) bond motifs is 1. The molecule has 2 bridgehead atoms. The van der Waals surface area contributed by atoms with Crippen LogP contribution in [-0.2, 0) is 35.4 Å². The minimum absolute atomic E-state index is 0.0558. The van der Waals surface area contributed by atoms with Gasteiger partial charge in [0.15, 0.2) is 6.29 Å². The van der Waals surface area contributed by atoms with Gasteiger partial charge < -0.3 is 40.4 Å². The lowest BCUT2D eigenvalue weighted by Crippen LogP contribution is -2.52. The normalized spacial score (nSPS) is 27.7. The van der Waals surface area contributed by atoms with E-state index < -0.39 is 39.8 Å². The van der Waals surface area contributed by atoms with E-state index in [1.54, 1.807) is 12.2 Å². The van der Waals surface area contributed by atoms with Gasteiger partial charge in [0.2, 0.25) is 10.0 Å². The third kappa shape index (κ3) is 8.96. The van der Waals surface area contributed by atoms with Crippen molar-refractivity contribution in [1.29, 1.82) is 0 Å². The topological polar surface area (TPSA) is 179 Å². The van der Waals surface area contributed by atoms with Crippen molar-refractivity contribution in [2.24, 2.45) is 28.9 Å². The number of nitrogens with two attached hydrogens (primary N) is 1. The van der Waals surface area contributed by atoms with Crippen LogP contribution in [0.15, 0.2) is 53.5 Å². The summed E-state index contributed by atoms with van der Waals surface area (Å²) in [6.07, 6.45) is 4.19. The van der Waals surface area contributed by atoms with E-state index >= 15 is 0 Å². The van der Waals surface area contributed by atoms with Gasteiger partial charge in [-0.15, -0.1) is 0 Å². The molecule has 14 heteroatoms. The van der Waals surface area contributed by atoms with Crippen LogP contribution in [0.1, 0.15) is 45.1 Å². The summed E-state index contributed by atoms with van der Waals surface area (Å²) >= 11 is 0. The summed E-state index contributed by atoms with van der Waals surface area (Å²) in [6, 6.07) is 8.24. The van der Waals surface area contributed by atoms with Gasteiger partial charge in [0.1, 0.15) is 6.10 Å². The Kier molecular flexibility index (Phi) is 11.9. The molecule has 5 rings (SSSR count). The van der Waals surface area contributed by atoms with Crippen LogP contribution in [0.2, 0.25) is 0 Å². The lowest BCUT2D eigenvalue weighted by atomic mass is 9.87. The van der Waals surface area contributed by atoms with Crippen molar-refractivity contribution in [3.63, 3.8) is 0 Å². The van der Waals surface area contributed by atoms with Crippen molar-refractivity contribution in [2.75, 3.05) is 40.0 Å². The van der Waals surface area contributed by atoms with Gasteiger partial charge in [-0.25, -0.2) is 18.0 Å². The van der Waals surface area contributed by atoms with E-state index in [0.717, 1.165) is 12.0 Å². The van der Waals surface area contributed by atoms with E-state index in [1.165, 1.54) is 17.4 Å². The molecule has 6 unspecified atom stereocenters. The highest BCUT2D eigenvalue weighted by Crippen LogP contribution is 2.49. The van der Waals surface area contributed by atoms with Gasteiger partial charge in [0.05, 0.1) is 36.9 Å². The summed E-state index contributed by atoms with van der Waals surface area (Å²) in [4.78, 5) is 25.0. The van der Waals surface area contributed by atoms with Crippen molar-refractivity contribution in [3.8, 4) is 0 Å². The van der Waals surface area contributed by atoms with Crippen LogP contribution in [0.25, 0.3) is 0 Å². The summed E-state index contributed by atoms with van der Waals surface area (Å²) in [5, 5.41) is 17.1. The highest BCUT2D eigenvalue weighted by molar-refractivity contribution is 7.93. The van der Waals surface area contributed by atoms with Gasteiger partial charge in [-0.1, -0.05) is 56.3 Å². The second kappa shape index (κ2) is 15.7. The SMILES string of the molecule is CNC(=O)OCCCC(C)(C)CN(C[C@@H](O)[C@H](Cc1ccccc1)NC(=O)OC1C2COC3OCC1C3C2)S(=O)(=O)C1=CCC(N)C=C1. The van der Waals surface area contributed by atoms with Crippen molar-refractivity contribution in [2.45, 2.75) is 76.5 Å². The monoisotopic (exact) mass is 690 g/mol. The lowest BCUT2D eigenvalue weighted by molar-refractivity contribution is -0.169. The van der Waals surface area contributed by atoms with Gasteiger partial charge in [0, 0.05) is 43.9 Å². The van der Waals surface area contributed by atoms with E-state index in [4.69, 9.17) is 24.7 Å². The number of carbonyl (C=O) groups excluding carboxylic acids is 2. The molecule has 3 fully saturated rings. The minimum Gasteiger partial charge on any atom is -0.450 e. The third-order valence-corrected chi connectivity index (χ3v) is 11.6. The zero-order valence-corrected chi connectivity index (χ0v) is 28.8. The van der Waals surface area contributed by atoms with E-state index in [0.29, 0.717) is 32.5 Å². The average Bonchev–Trinajstić information content (AvgIpc) is 3.59. The number of rotatable bonds is 15. The van der Waals surface area contributed by atoms with Crippen LogP contribution in [-0.4, -0.2) is 101 Å². The molecular weight excluding hydrogens is 640 g/mol. The highest BCUT2D eigenvalue weighted by atomic mass is 32.2. The number of hydrogen-bond donors (Lipinski definition) is 4. The Morgan fingerprint density at radius 3 is 2.60 bits per heavy atom. The molecule has 1 saturated carbocycles. The van der Waals surface area contributed by atoms with Crippen LogP contribution in [0.5, 0.6) is 0 Å². The number of aliphatic hydroxyl groups is 1. The van der Waals surface area contributed by atoms with Crippen LogP contribution in [0, 0.1) is 23.2 Å². The molecule has 2 amide bonds. The fourth-order valence-corrected chi connectivity index (χ4v) is 8.92. The maximum absolute atomic E-state index is 14.1. The predicted octanol–water partition coefficient (Wildman–Crippen LogP) is 2.66. The molecule has 2 saturated heterocycles. The molecule has 0 radical (unpaired) electrons. The molecule has 266 valence electrons. The Labute approximate surface area is 283 Å². The van der Waals surface area contributed by atoms with Crippen LogP contribution >= 0.6 is 0 Å². The number of aliphatic hydroxyl groups excluding tert-OH is 1. The molecule has 1 aromatic carbocycles. The highest BCUT2D eigenvalue weighted by Gasteiger charge is 2.56. The maximum Gasteiger partial charge on any atom is 0.407 e. The smallest absolute Gasteiger partial charge is 0.407 e. The number of benzene rings is 1. The summed E-state index contributed by atoms with van der Waals surface area (Å²) < 4.78 is 52.2. The van der Waals surface area contributed by atoms with Crippen LogP contribution in [0.4, 0.5) is 9.59 Å². The fraction of sp³-hybridized carbons (Fsp3) is 0.647. The maximum atomic E-state index is 14.1. The number of ether oxygens (including phenoxy) is 4. The second-order valence-electron chi connectivity index (χ2n) is 14.1. The first-order valence-corrected chi connectivity index (χ1v) is 18.2. The number of amides is 2. The van der Waals surface area contributed by atoms with Crippen molar-refractivity contribution in [3.05, 3.63) is 59.0 Å². The number of allylic oxidation sites excluding steroid dienone is 1. The van der Waals surface area contributed by atoms with Gasteiger partial charge in [-0.05, 0) is 49.2 Å². The zero-order valence-electron chi connectivity index (χ0n) is 28.0. The Morgan fingerprint density at radius 1 is 1.15 bits per heavy atom. The Hall–Kier alpha value is -3.01. The number of alkyl carbamates (subject to hydrolysis) is 2. The van der Waals surface area contributed by atoms with E-state index in [-0.39, 0.29) is 67.2 Å².